The van der Waals surface area contributed by atoms with E-state index in [1.165, 1.54) is 32.6 Å². The van der Waals surface area contributed by atoms with Gasteiger partial charge in [0.25, 0.3) is 0 Å². The van der Waals surface area contributed by atoms with Crippen LogP contribution in [0.1, 0.15) is 0 Å². The van der Waals surface area contributed by atoms with Gasteiger partial charge in [0, 0.05) is 16.2 Å². The van der Waals surface area contributed by atoms with Crippen LogP contribution in [0, 0.1) is 0 Å². The number of nitrogens with zero attached hydrogens (tertiary/aromatic N) is 1. The van der Waals surface area contributed by atoms with Gasteiger partial charge in [0.2, 0.25) is 0 Å². The van der Waals surface area contributed by atoms with Gasteiger partial charge in [0.1, 0.15) is 11.2 Å². The smallest absolute Gasteiger partial charge is 0.137 e. The van der Waals surface area contributed by atoms with Crippen LogP contribution in [-0.4, -0.2) is 2.78 Å². The molecule has 0 aliphatic rings. The van der Waals surface area contributed by atoms with Crippen molar-refractivity contribution in [1.82, 2.24) is 2.78 Å². The van der Waals surface area contributed by atoms with Crippen LogP contribution in [-0.2, 0) is 0 Å². The van der Waals surface area contributed by atoms with Crippen molar-refractivity contribution in [3.8, 4) is 0 Å². The quantitative estimate of drug-likeness (QED) is 0.305. The van der Waals surface area contributed by atoms with Crippen LogP contribution in [0.2, 0.25) is 0 Å². The highest BCUT2D eigenvalue weighted by Crippen LogP contribution is 2.39. The van der Waals surface area contributed by atoms with E-state index in [-0.39, 0.29) is 0 Å². The van der Waals surface area contributed by atoms with Crippen molar-refractivity contribution in [1.29, 1.82) is 0 Å². The Morgan fingerprint density at radius 2 is 1.48 bits per heavy atom. The summed E-state index contributed by atoms with van der Waals surface area (Å²) in [6, 6.07) is 21.0. The number of halogens is 1. The molecule has 0 fully saturated rings. The van der Waals surface area contributed by atoms with Crippen LogP contribution in [0.5, 0.6) is 0 Å². The Morgan fingerprint density at radius 3 is 2.38 bits per heavy atom. The number of para-hydroxylation sites is 2. The molecule has 21 heavy (non-hydrogen) atoms. The second kappa shape index (κ2) is 4.01. The highest BCUT2D eigenvalue weighted by molar-refractivity contribution is 14.1. The number of hydrogen-bond donors (Lipinski definition) is 0. The van der Waals surface area contributed by atoms with E-state index in [0.29, 0.717) is 0 Å². The van der Waals surface area contributed by atoms with Gasteiger partial charge >= 0.3 is 0 Å². The van der Waals surface area contributed by atoms with E-state index in [9.17, 15) is 0 Å². The van der Waals surface area contributed by atoms with Crippen molar-refractivity contribution in [3.63, 3.8) is 0 Å². The molecule has 0 N–H and O–H groups in total. The minimum absolute atomic E-state index is 0.946. The van der Waals surface area contributed by atoms with Crippen LogP contribution >= 0.6 is 22.9 Å². The standard InChI is InChI=1S/C18H10INO/c19-20-14-7-3-1-5-11(14)12-9-10-16-17(18(12)20)13-6-2-4-8-15(13)21-16/h1-10H. The molecule has 0 saturated carbocycles. The summed E-state index contributed by atoms with van der Waals surface area (Å²) in [5.41, 5.74) is 4.37. The summed E-state index contributed by atoms with van der Waals surface area (Å²) >= 11 is 2.38. The molecule has 5 aromatic rings. The first-order valence-corrected chi connectivity index (χ1v) is 7.80. The van der Waals surface area contributed by atoms with Crippen LogP contribution in [0.25, 0.3) is 43.7 Å². The lowest BCUT2D eigenvalue weighted by molar-refractivity contribution is 0.669. The number of aromatic nitrogens is 1. The summed E-state index contributed by atoms with van der Waals surface area (Å²) in [6.45, 7) is 0. The van der Waals surface area contributed by atoms with Gasteiger partial charge in [-0.3, -0.25) is 2.78 Å². The molecule has 3 aromatic carbocycles. The van der Waals surface area contributed by atoms with Crippen LogP contribution in [0.4, 0.5) is 0 Å². The average molecular weight is 383 g/mol. The van der Waals surface area contributed by atoms with E-state index in [1.807, 2.05) is 12.1 Å². The van der Waals surface area contributed by atoms with Gasteiger partial charge in [-0.1, -0.05) is 36.4 Å². The first-order valence-electron chi connectivity index (χ1n) is 6.84. The molecule has 0 bridgehead atoms. The molecule has 0 atom stereocenters. The van der Waals surface area contributed by atoms with Crippen LogP contribution in [0.15, 0.2) is 65.1 Å². The first-order chi connectivity index (χ1) is 10.3. The van der Waals surface area contributed by atoms with E-state index in [1.54, 1.807) is 0 Å². The molecule has 2 heterocycles. The number of rotatable bonds is 0. The molecule has 0 radical (unpaired) electrons. The zero-order chi connectivity index (χ0) is 14.0. The minimum Gasteiger partial charge on any atom is -0.456 e. The van der Waals surface area contributed by atoms with E-state index < -0.39 is 0 Å². The molecule has 2 aromatic heterocycles. The van der Waals surface area contributed by atoms with Crippen LogP contribution < -0.4 is 0 Å². The molecular formula is C18H10INO. The molecule has 100 valence electrons. The number of benzene rings is 3. The summed E-state index contributed by atoms with van der Waals surface area (Å²) in [5.74, 6) is 0. The van der Waals surface area contributed by atoms with Gasteiger partial charge in [0.15, 0.2) is 0 Å². The molecule has 0 aliphatic carbocycles. The lowest BCUT2D eigenvalue weighted by atomic mass is 10.1. The summed E-state index contributed by atoms with van der Waals surface area (Å²) in [5, 5.41) is 4.95. The van der Waals surface area contributed by atoms with E-state index in [4.69, 9.17) is 4.42 Å². The Morgan fingerprint density at radius 1 is 0.714 bits per heavy atom. The average Bonchev–Trinajstić information content (AvgIpc) is 3.04. The van der Waals surface area contributed by atoms with Gasteiger partial charge in [-0.2, -0.15) is 0 Å². The zero-order valence-electron chi connectivity index (χ0n) is 11.0. The summed E-state index contributed by atoms with van der Waals surface area (Å²) < 4.78 is 8.24. The Bertz CT molecular complexity index is 1150. The lowest BCUT2D eigenvalue weighted by Crippen LogP contribution is -1.78. The number of fused-ring (bicyclic) bond motifs is 7. The maximum atomic E-state index is 5.99. The van der Waals surface area contributed by atoms with Gasteiger partial charge < -0.3 is 4.42 Å². The third-order valence-electron chi connectivity index (χ3n) is 4.12. The number of hydrogen-bond acceptors (Lipinski definition) is 1. The largest absolute Gasteiger partial charge is 0.456 e. The molecule has 0 saturated heterocycles. The highest BCUT2D eigenvalue weighted by Gasteiger charge is 2.16. The van der Waals surface area contributed by atoms with E-state index in [2.05, 4.69) is 74.2 Å². The van der Waals surface area contributed by atoms with Crippen molar-refractivity contribution in [3.05, 3.63) is 60.7 Å². The first kappa shape index (κ1) is 11.6. The fourth-order valence-corrected chi connectivity index (χ4v) is 4.13. The normalized spacial score (nSPS) is 12.0. The minimum atomic E-state index is 0.946. The third kappa shape index (κ3) is 1.42. The van der Waals surface area contributed by atoms with E-state index in [0.717, 1.165) is 11.2 Å². The summed E-state index contributed by atoms with van der Waals surface area (Å²) in [6.07, 6.45) is 0. The second-order valence-electron chi connectivity index (χ2n) is 5.23. The van der Waals surface area contributed by atoms with Crippen LogP contribution in [0.3, 0.4) is 0 Å². The Labute approximate surface area is 134 Å². The van der Waals surface area contributed by atoms with Crippen molar-refractivity contribution in [2.24, 2.45) is 0 Å². The Balaban J connectivity index is 2.18. The lowest BCUT2D eigenvalue weighted by Gasteiger charge is -1.97. The predicted octanol–water partition coefficient (Wildman–Crippen LogP) is 5.89. The number of furan rings is 1. The maximum Gasteiger partial charge on any atom is 0.137 e. The van der Waals surface area contributed by atoms with Gasteiger partial charge in [0.05, 0.1) is 39.3 Å². The van der Waals surface area contributed by atoms with Crippen molar-refractivity contribution in [2.75, 3.05) is 0 Å². The van der Waals surface area contributed by atoms with Crippen molar-refractivity contribution < 1.29 is 4.42 Å². The monoisotopic (exact) mass is 383 g/mol. The highest BCUT2D eigenvalue weighted by atomic mass is 127. The van der Waals surface area contributed by atoms with Crippen molar-refractivity contribution in [2.45, 2.75) is 0 Å². The predicted molar refractivity (Wildman–Crippen MR) is 96.1 cm³/mol. The molecule has 0 spiro atoms. The summed E-state index contributed by atoms with van der Waals surface area (Å²) in [4.78, 5) is 0. The molecule has 0 aliphatic heterocycles. The molecule has 2 nitrogen and oxygen atoms in total. The van der Waals surface area contributed by atoms with Gasteiger partial charge in [-0.05, 0) is 24.3 Å². The Hall–Kier alpha value is -2.01. The molecule has 0 unspecified atom stereocenters. The molecule has 5 rings (SSSR count). The maximum absolute atomic E-state index is 5.99. The second-order valence-corrected chi connectivity index (χ2v) is 6.20. The van der Waals surface area contributed by atoms with Gasteiger partial charge in [-0.25, -0.2) is 0 Å². The van der Waals surface area contributed by atoms with Gasteiger partial charge in [-0.15, -0.1) is 0 Å². The van der Waals surface area contributed by atoms with Crippen molar-refractivity contribution >= 4 is 66.6 Å². The third-order valence-corrected chi connectivity index (χ3v) is 5.12. The SMILES string of the molecule is In1c2ccccc2c2ccc3oc4ccccc4c3c21. The van der Waals surface area contributed by atoms with E-state index >= 15 is 0 Å². The molecule has 3 heteroatoms. The molecule has 0 amide bonds. The fraction of sp³-hybridized carbons (Fsp3) is 0. The fourth-order valence-electron chi connectivity index (χ4n) is 3.21. The topological polar surface area (TPSA) is 18.1 Å². The Kier molecular flexibility index (Phi) is 2.22. The molecular weight excluding hydrogens is 373 g/mol. The zero-order valence-corrected chi connectivity index (χ0v) is 13.2. The summed E-state index contributed by atoms with van der Waals surface area (Å²) in [7, 11) is 0.